The largest absolute Gasteiger partial charge is 0.480 e. The van der Waals surface area contributed by atoms with E-state index in [1.165, 1.54) is 25.7 Å². The van der Waals surface area contributed by atoms with Crippen molar-refractivity contribution in [3.05, 3.63) is 72.9 Å². The van der Waals surface area contributed by atoms with E-state index in [2.05, 4.69) is 86.0 Å². The third kappa shape index (κ3) is 33.6. The Bertz CT molecular complexity index is 912. The minimum absolute atomic E-state index is 0.153. The number of hydrogen-bond acceptors (Lipinski definition) is 4. The van der Waals surface area contributed by atoms with Gasteiger partial charge in [-0.15, -0.1) is 0 Å². The van der Waals surface area contributed by atoms with Crippen molar-refractivity contribution in [1.82, 2.24) is 5.32 Å². The molecule has 0 aromatic rings. The van der Waals surface area contributed by atoms with Gasteiger partial charge in [0.15, 0.2) is 0 Å². The van der Waals surface area contributed by atoms with Crippen molar-refractivity contribution >= 4 is 17.8 Å². The number of nitrogens with one attached hydrogen (secondary N) is 1. The van der Waals surface area contributed by atoms with Crippen molar-refractivity contribution in [3.8, 4) is 0 Å². The average molecular weight is 626 g/mol. The fraction of sp³-hybridized carbons (Fsp3) is 0.615. The number of esters is 1. The Kier molecular flexibility index (Phi) is 31.4. The van der Waals surface area contributed by atoms with Crippen molar-refractivity contribution in [3.63, 3.8) is 0 Å². The SMILES string of the molecule is CC/C=C\C/C=C\C/C=C\C/C=C\CCC(=O)OC(/C=C\C/C=C\CCCCCC)CCCCCCCCC(=O)NCC(=O)O. The molecule has 1 atom stereocenters. The molecule has 0 aliphatic carbocycles. The van der Waals surface area contributed by atoms with Gasteiger partial charge in [0.25, 0.3) is 0 Å². The van der Waals surface area contributed by atoms with Crippen LogP contribution >= 0.6 is 0 Å². The maximum Gasteiger partial charge on any atom is 0.322 e. The maximum absolute atomic E-state index is 12.6. The van der Waals surface area contributed by atoms with E-state index >= 15 is 0 Å². The molecule has 0 aromatic carbocycles. The van der Waals surface area contributed by atoms with Gasteiger partial charge in [0.05, 0.1) is 0 Å². The first-order valence-corrected chi connectivity index (χ1v) is 17.6. The molecule has 0 saturated carbocycles. The summed E-state index contributed by atoms with van der Waals surface area (Å²) in [6, 6.07) is 0. The smallest absolute Gasteiger partial charge is 0.322 e. The van der Waals surface area contributed by atoms with Gasteiger partial charge in [-0.25, -0.2) is 0 Å². The number of carbonyl (C=O) groups excluding carboxylic acids is 2. The lowest BCUT2D eigenvalue weighted by Gasteiger charge is -2.14. The highest BCUT2D eigenvalue weighted by Crippen LogP contribution is 2.14. The van der Waals surface area contributed by atoms with Gasteiger partial charge in [0, 0.05) is 12.8 Å². The van der Waals surface area contributed by atoms with Gasteiger partial charge < -0.3 is 15.2 Å². The molecule has 0 rings (SSSR count). The van der Waals surface area contributed by atoms with Crippen LogP contribution in [0.1, 0.15) is 142 Å². The molecule has 6 nitrogen and oxygen atoms in total. The highest BCUT2D eigenvalue weighted by atomic mass is 16.5. The number of carboxylic acid groups (broad SMARTS) is 1. The molecule has 6 heteroatoms. The van der Waals surface area contributed by atoms with Gasteiger partial charge in [-0.2, -0.15) is 0 Å². The van der Waals surface area contributed by atoms with E-state index in [-0.39, 0.29) is 24.5 Å². The lowest BCUT2D eigenvalue weighted by Crippen LogP contribution is -2.28. The Labute approximate surface area is 274 Å². The Morgan fingerprint density at radius 3 is 1.82 bits per heavy atom. The second-order valence-electron chi connectivity index (χ2n) is 11.4. The van der Waals surface area contributed by atoms with Crippen molar-refractivity contribution in [2.45, 2.75) is 148 Å². The number of rotatable bonds is 30. The highest BCUT2D eigenvalue weighted by Gasteiger charge is 2.11. The van der Waals surface area contributed by atoms with Crippen LogP contribution in [-0.4, -0.2) is 35.6 Å². The lowest BCUT2D eigenvalue weighted by molar-refractivity contribution is -0.147. The molecule has 0 aliphatic rings. The Hall–Kier alpha value is -3.15. The Morgan fingerprint density at radius 1 is 0.622 bits per heavy atom. The second-order valence-corrected chi connectivity index (χ2v) is 11.4. The van der Waals surface area contributed by atoms with Gasteiger partial charge in [-0.05, 0) is 76.7 Å². The van der Waals surface area contributed by atoms with Crippen LogP contribution in [0.3, 0.4) is 0 Å². The van der Waals surface area contributed by atoms with Gasteiger partial charge in [0.2, 0.25) is 5.91 Å². The van der Waals surface area contributed by atoms with E-state index in [1.807, 2.05) is 6.08 Å². The van der Waals surface area contributed by atoms with Crippen LogP contribution in [-0.2, 0) is 19.1 Å². The van der Waals surface area contributed by atoms with E-state index in [4.69, 9.17) is 9.84 Å². The fourth-order valence-corrected chi connectivity index (χ4v) is 4.53. The molecule has 0 spiro atoms. The van der Waals surface area contributed by atoms with Crippen molar-refractivity contribution in [2.24, 2.45) is 0 Å². The molecule has 0 fully saturated rings. The standard InChI is InChI=1S/C39H63NO5/c1-3-5-7-9-11-13-14-15-16-18-20-26-30-34-39(44)45-36(31-27-23-19-17-12-10-8-6-4-2)32-28-24-21-22-25-29-33-37(41)40-35-38(42)43/h5,7,11,13,15-17,19-20,26-27,31,36H,3-4,6,8-10,12,14,18,21-25,28-30,32-35H2,1-2H3,(H,40,41)(H,42,43)/b7-5-,13-11-,16-15-,19-17-,26-20-,31-27-. The summed E-state index contributed by atoms with van der Waals surface area (Å²) in [6.07, 6.45) is 44.6. The molecule has 0 bridgehead atoms. The van der Waals surface area contributed by atoms with Crippen LogP contribution in [0.25, 0.3) is 0 Å². The van der Waals surface area contributed by atoms with Crippen molar-refractivity contribution in [1.29, 1.82) is 0 Å². The zero-order chi connectivity index (χ0) is 33.1. The number of unbranched alkanes of at least 4 members (excludes halogenated alkanes) is 9. The normalized spacial score (nSPS) is 12.9. The maximum atomic E-state index is 12.6. The van der Waals surface area contributed by atoms with E-state index < -0.39 is 5.97 Å². The molecular weight excluding hydrogens is 562 g/mol. The zero-order valence-corrected chi connectivity index (χ0v) is 28.4. The van der Waals surface area contributed by atoms with E-state index in [9.17, 15) is 14.4 Å². The first kappa shape index (κ1) is 41.9. The molecule has 0 heterocycles. The zero-order valence-electron chi connectivity index (χ0n) is 28.4. The number of amides is 1. The Balaban J connectivity index is 4.41. The first-order chi connectivity index (χ1) is 22.0. The van der Waals surface area contributed by atoms with Crippen LogP contribution in [0.4, 0.5) is 0 Å². The van der Waals surface area contributed by atoms with Crippen LogP contribution in [0.5, 0.6) is 0 Å². The lowest BCUT2D eigenvalue weighted by atomic mass is 10.1. The quantitative estimate of drug-likeness (QED) is 0.0471. The fourth-order valence-electron chi connectivity index (χ4n) is 4.53. The number of aliphatic carboxylic acids is 1. The van der Waals surface area contributed by atoms with Crippen LogP contribution in [0.15, 0.2) is 72.9 Å². The summed E-state index contributed by atoms with van der Waals surface area (Å²) in [6.45, 7) is 4.05. The molecular formula is C39H63NO5. The number of carboxylic acids is 1. The third-order valence-electron chi connectivity index (χ3n) is 7.11. The monoisotopic (exact) mass is 625 g/mol. The minimum Gasteiger partial charge on any atom is -0.480 e. The summed E-state index contributed by atoms with van der Waals surface area (Å²) in [4.78, 5) is 34.7. The van der Waals surface area contributed by atoms with Gasteiger partial charge >= 0.3 is 11.9 Å². The van der Waals surface area contributed by atoms with Crippen LogP contribution < -0.4 is 5.32 Å². The first-order valence-electron chi connectivity index (χ1n) is 17.6. The summed E-state index contributed by atoms with van der Waals surface area (Å²) < 4.78 is 5.84. The van der Waals surface area contributed by atoms with E-state index in [1.54, 1.807) is 0 Å². The van der Waals surface area contributed by atoms with Crippen LogP contribution in [0, 0.1) is 0 Å². The van der Waals surface area contributed by atoms with Crippen LogP contribution in [0.2, 0.25) is 0 Å². The molecule has 2 N–H and O–H groups in total. The predicted octanol–water partition coefficient (Wildman–Crippen LogP) is 10.3. The summed E-state index contributed by atoms with van der Waals surface area (Å²) in [7, 11) is 0. The van der Waals surface area contributed by atoms with Gasteiger partial charge in [-0.3, -0.25) is 14.4 Å². The molecule has 0 radical (unpaired) electrons. The number of hydrogen-bond donors (Lipinski definition) is 2. The summed E-state index contributed by atoms with van der Waals surface area (Å²) in [5.41, 5.74) is 0. The predicted molar refractivity (Wildman–Crippen MR) is 189 cm³/mol. The molecule has 0 aromatic heterocycles. The minimum atomic E-state index is -1.03. The van der Waals surface area contributed by atoms with Gasteiger partial charge in [0.1, 0.15) is 12.6 Å². The van der Waals surface area contributed by atoms with Gasteiger partial charge in [-0.1, -0.05) is 126 Å². The van der Waals surface area contributed by atoms with Crippen molar-refractivity contribution in [2.75, 3.05) is 6.54 Å². The molecule has 0 saturated heterocycles. The molecule has 45 heavy (non-hydrogen) atoms. The summed E-state index contributed by atoms with van der Waals surface area (Å²) in [5, 5.41) is 11.0. The molecule has 0 aliphatic heterocycles. The summed E-state index contributed by atoms with van der Waals surface area (Å²) >= 11 is 0. The molecule has 1 unspecified atom stereocenters. The third-order valence-corrected chi connectivity index (χ3v) is 7.11. The number of ether oxygens (including phenoxy) is 1. The van der Waals surface area contributed by atoms with Crippen molar-refractivity contribution < 1.29 is 24.2 Å². The highest BCUT2D eigenvalue weighted by molar-refractivity contribution is 5.80. The Morgan fingerprint density at radius 2 is 1.18 bits per heavy atom. The topological polar surface area (TPSA) is 92.7 Å². The van der Waals surface area contributed by atoms with E-state index in [0.29, 0.717) is 19.3 Å². The average Bonchev–Trinajstić information content (AvgIpc) is 3.02. The van der Waals surface area contributed by atoms with E-state index in [0.717, 1.165) is 83.5 Å². The molecule has 1 amide bonds. The molecule has 254 valence electrons. The summed E-state index contributed by atoms with van der Waals surface area (Å²) in [5.74, 6) is -1.38. The number of carbonyl (C=O) groups is 3. The number of allylic oxidation sites excluding steroid dienone is 11. The second kappa shape index (κ2) is 33.7.